The molecule has 1 aromatic carbocycles. The fourth-order valence-corrected chi connectivity index (χ4v) is 2.77. The number of rotatable bonds is 9. The minimum atomic E-state index is -0.389. The van der Waals surface area contributed by atoms with Crippen molar-refractivity contribution >= 4 is 30.1 Å². The predicted molar refractivity (Wildman–Crippen MR) is 103 cm³/mol. The van der Waals surface area contributed by atoms with Crippen molar-refractivity contribution in [2.75, 3.05) is 32.6 Å². The fraction of sp³-hybridized carbons (Fsp3) is 0.588. The van der Waals surface area contributed by atoms with Crippen LogP contribution in [0.5, 0.6) is 0 Å². The van der Waals surface area contributed by atoms with Gasteiger partial charge >= 0.3 is 0 Å². The summed E-state index contributed by atoms with van der Waals surface area (Å²) in [5, 5.41) is 0. The molecule has 0 aliphatic rings. The van der Waals surface area contributed by atoms with E-state index in [4.69, 9.17) is 5.73 Å². The van der Waals surface area contributed by atoms with Gasteiger partial charge < -0.3 is 15.5 Å². The van der Waals surface area contributed by atoms with Crippen molar-refractivity contribution in [3.8, 4) is 0 Å². The Labute approximate surface area is 151 Å². The summed E-state index contributed by atoms with van der Waals surface area (Å²) in [5.74, 6) is 0.970. The molecule has 23 heavy (non-hydrogen) atoms. The van der Waals surface area contributed by atoms with Crippen LogP contribution in [0.2, 0.25) is 0 Å². The Kier molecular flexibility index (Phi) is 11.4. The van der Waals surface area contributed by atoms with Gasteiger partial charge in [-0.1, -0.05) is 24.3 Å². The second-order valence-corrected chi connectivity index (χ2v) is 6.78. The van der Waals surface area contributed by atoms with Crippen molar-refractivity contribution in [1.29, 1.82) is 0 Å². The summed E-state index contributed by atoms with van der Waals surface area (Å²) in [6.07, 6.45) is 2.77. The summed E-state index contributed by atoms with van der Waals surface area (Å²) in [4.78, 5) is 16.4. The molecule has 132 valence electrons. The Hall–Kier alpha value is -0.750. The summed E-state index contributed by atoms with van der Waals surface area (Å²) in [7, 11) is 4.11. The average Bonchev–Trinajstić information content (AvgIpc) is 2.50. The Morgan fingerprint density at radius 2 is 1.70 bits per heavy atom. The van der Waals surface area contributed by atoms with Crippen LogP contribution in [0.25, 0.3) is 0 Å². The van der Waals surface area contributed by atoms with E-state index in [0.29, 0.717) is 13.1 Å². The van der Waals surface area contributed by atoms with E-state index in [9.17, 15) is 4.79 Å². The van der Waals surface area contributed by atoms with Crippen molar-refractivity contribution in [3.05, 3.63) is 35.4 Å². The third kappa shape index (κ3) is 8.06. The van der Waals surface area contributed by atoms with E-state index in [-0.39, 0.29) is 24.4 Å². The summed E-state index contributed by atoms with van der Waals surface area (Å²) in [5.41, 5.74) is 8.43. The first kappa shape index (κ1) is 22.2. The van der Waals surface area contributed by atoms with Crippen molar-refractivity contribution in [2.45, 2.75) is 32.5 Å². The number of nitrogens with two attached hydrogens (primary N) is 1. The summed E-state index contributed by atoms with van der Waals surface area (Å²) in [6, 6.07) is 8.06. The topological polar surface area (TPSA) is 49.6 Å². The molecule has 0 bridgehead atoms. The monoisotopic (exact) mass is 359 g/mol. The van der Waals surface area contributed by atoms with E-state index in [0.717, 1.165) is 24.3 Å². The largest absolute Gasteiger partial charge is 0.337 e. The highest BCUT2D eigenvalue weighted by atomic mass is 35.5. The Balaban J connectivity index is 0.00000484. The van der Waals surface area contributed by atoms with Gasteiger partial charge in [-0.3, -0.25) is 4.79 Å². The van der Waals surface area contributed by atoms with Crippen LogP contribution in [-0.4, -0.2) is 54.4 Å². The third-order valence-corrected chi connectivity index (χ3v) is 4.18. The second-order valence-electron chi connectivity index (χ2n) is 5.79. The predicted octanol–water partition coefficient (Wildman–Crippen LogP) is 2.60. The molecule has 0 aliphatic carbocycles. The maximum absolute atomic E-state index is 12.4. The van der Waals surface area contributed by atoms with Gasteiger partial charge in [0, 0.05) is 19.6 Å². The molecule has 0 saturated carbocycles. The lowest BCUT2D eigenvalue weighted by molar-refractivity contribution is -0.133. The molecule has 1 rings (SSSR count). The number of nitrogens with zero attached hydrogens (tertiary/aromatic N) is 2. The van der Waals surface area contributed by atoms with Crippen LogP contribution in [0.3, 0.4) is 0 Å². The fourth-order valence-electron chi connectivity index (χ4n) is 2.28. The first-order valence-electron chi connectivity index (χ1n) is 7.73. The summed E-state index contributed by atoms with van der Waals surface area (Å²) < 4.78 is 0. The summed E-state index contributed by atoms with van der Waals surface area (Å²) >= 11 is 1.72. The van der Waals surface area contributed by atoms with Gasteiger partial charge in [-0.15, -0.1) is 12.4 Å². The molecule has 1 unspecified atom stereocenters. The molecule has 0 saturated heterocycles. The van der Waals surface area contributed by atoms with Crippen LogP contribution >= 0.6 is 24.2 Å². The van der Waals surface area contributed by atoms with E-state index in [1.54, 1.807) is 11.8 Å². The minimum Gasteiger partial charge on any atom is -0.337 e. The zero-order valence-corrected chi connectivity index (χ0v) is 16.3. The van der Waals surface area contributed by atoms with Crippen molar-refractivity contribution < 1.29 is 4.79 Å². The van der Waals surface area contributed by atoms with E-state index >= 15 is 0 Å². The van der Waals surface area contributed by atoms with Crippen LogP contribution in [0.1, 0.15) is 24.5 Å². The number of benzene rings is 1. The van der Waals surface area contributed by atoms with Gasteiger partial charge in [0.1, 0.15) is 0 Å². The van der Waals surface area contributed by atoms with Crippen LogP contribution in [0, 0.1) is 0 Å². The van der Waals surface area contributed by atoms with Gasteiger partial charge in [0.05, 0.1) is 6.04 Å². The quantitative estimate of drug-likeness (QED) is 0.736. The van der Waals surface area contributed by atoms with Gasteiger partial charge in [-0.2, -0.15) is 11.8 Å². The van der Waals surface area contributed by atoms with Crippen LogP contribution in [-0.2, 0) is 17.9 Å². The SMILES string of the molecule is CCN(Cc1ccc(CN(C)C)cc1)C(=O)C(N)CCSC.Cl. The van der Waals surface area contributed by atoms with Gasteiger partial charge in [0.2, 0.25) is 5.91 Å². The number of halogens is 1. The first-order chi connectivity index (χ1) is 10.5. The highest BCUT2D eigenvalue weighted by Crippen LogP contribution is 2.11. The smallest absolute Gasteiger partial charge is 0.239 e. The normalized spacial score (nSPS) is 11.9. The third-order valence-electron chi connectivity index (χ3n) is 3.54. The Morgan fingerprint density at radius 1 is 1.17 bits per heavy atom. The number of likely N-dealkylation sites (N-methyl/N-ethyl adjacent to an activating group) is 1. The zero-order valence-electron chi connectivity index (χ0n) is 14.6. The lowest BCUT2D eigenvalue weighted by atomic mass is 10.1. The van der Waals surface area contributed by atoms with Crippen LogP contribution in [0.4, 0.5) is 0 Å². The van der Waals surface area contributed by atoms with E-state index in [1.165, 1.54) is 5.56 Å². The van der Waals surface area contributed by atoms with Crippen molar-refractivity contribution in [1.82, 2.24) is 9.80 Å². The number of carbonyl (C=O) groups is 1. The molecule has 1 amide bonds. The Bertz CT molecular complexity index is 454. The van der Waals surface area contributed by atoms with Gasteiger partial charge in [-0.25, -0.2) is 0 Å². The molecule has 0 fully saturated rings. The summed E-state index contributed by atoms with van der Waals surface area (Å²) in [6.45, 7) is 4.24. The standard InChI is InChI=1S/C17H29N3OS.ClH/c1-5-20(17(21)16(18)10-11-22-4)13-15-8-6-14(7-9-15)12-19(2)3;/h6-9,16H,5,10-13,18H2,1-4H3;1H. The molecule has 0 heterocycles. The molecule has 2 N–H and O–H groups in total. The second kappa shape index (κ2) is 11.7. The van der Waals surface area contributed by atoms with Gasteiger partial charge in [0.25, 0.3) is 0 Å². The van der Waals surface area contributed by atoms with E-state index < -0.39 is 0 Å². The molecule has 6 heteroatoms. The number of thioether (sulfide) groups is 1. The molecule has 0 radical (unpaired) electrons. The van der Waals surface area contributed by atoms with Gasteiger partial charge in [-0.05, 0) is 50.6 Å². The average molecular weight is 360 g/mol. The van der Waals surface area contributed by atoms with Crippen LogP contribution in [0.15, 0.2) is 24.3 Å². The molecule has 0 spiro atoms. The highest BCUT2D eigenvalue weighted by molar-refractivity contribution is 7.98. The lowest BCUT2D eigenvalue weighted by Crippen LogP contribution is -2.43. The number of hydrogen-bond donors (Lipinski definition) is 1. The van der Waals surface area contributed by atoms with Gasteiger partial charge in [0.15, 0.2) is 0 Å². The van der Waals surface area contributed by atoms with E-state index in [1.807, 2.05) is 18.1 Å². The number of hydrogen-bond acceptors (Lipinski definition) is 4. The molecule has 4 nitrogen and oxygen atoms in total. The minimum absolute atomic E-state index is 0. The lowest BCUT2D eigenvalue weighted by Gasteiger charge is -2.24. The Morgan fingerprint density at radius 3 is 2.13 bits per heavy atom. The number of carbonyl (C=O) groups excluding carboxylic acids is 1. The maximum Gasteiger partial charge on any atom is 0.239 e. The molecule has 1 aromatic rings. The van der Waals surface area contributed by atoms with Crippen molar-refractivity contribution in [2.24, 2.45) is 5.73 Å². The molecular weight excluding hydrogens is 330 g/mol. The van der Waals surface area contributed by atoms with Crippen molar-refractivity contribution in [3.63, 3.8) is 0 Å². The molecule has 0 aliphatic heterocycles. The maximum atomic E-state index is 12.4. The first-order valence-corrected chi connectivity index (χ1v) is 9.13. The number of amides is 1. The molecular formula is C17H30ClN3OS. The zero-order chi connectivity index (χ0) is 16.5. The van der Waals surface area contributed by atoms with Crippen LogP contribution < -0.4 is 5.73 Å². The highest BCUT2D eigenvalue weighted by Gasteiger charge is 2.19. The molecule has 0 aromatic heterocycles. The van der Waals surface area contributed by atoms with E-state index in [2.05, 4.69) is 43.3 Å². The molecule has 1 atom stereocenters.